The van der Waals surface area contributed by atoms with Gasteiger partial charge in [-0.1, -0.05) is 59.3 Å². The van der Waals surface area contributed by atoms with Crippen LogP contribution in [0.1, 0.15) is 78.6 Å². The quantitative estimate of drug-likeness (QED) is 0.644. The molecule has 0 radical (unpaired) electrons. The van der Waals surface area contributed by atoms with E-state index in [1.54, 1.807) is 0 Å². The van der Waals surface area contributed by atoms with Crippen LogP contribution in [0, 0.1) is 11.8 Å². The van der Waals surface area contributed by atoms with Crippen molar-refractivity contribution in [3.63, 3.8) is 0 Å². The van der Waals surface area contributed by atoms with Gasteiger partial charge in [0.05, 0.1) is 0 Å². The first kappa shape index (κ1) is 15.0. The molecule has 102 valence electrons. The lowest BCUT2D eigenvalue weighted by molar-refractivity contribution is 0.250. The van der Waals surface area contributed by atoms with Gasteiger partial charge in [0, 0.05) is 6.04 Å². The zero-order valence-corrected chi connectivity index (χ0v) is 12.3. The second-order valence-electron chi connectivity index (χ2n) is 6.07. The molecule has 0 spiro atoms. The molecule has 1 aliphatic rings. The first-order chi connectivity index (χ1) is 8.27. The molecule has 2 unspecified atom stereocenters. The molecule has 1 rings (SSSR count). The summed E-state index contributed by atoms with van der Waals surface area (Å²) in [6.45, 7) is 8.23. The Bertz CT molecular complexity index is 172. The van der Waals surface area contributed by atoms with E-state index < -0.39 is 0 Å². The Morgan fingerprint density at radius 3 is 2.35 bits per heavy atom. The summed E-state index contributed by atoms with van der Waals surface area (Å²) in [6, 6.07) is 0.776. The fourth-order valence-electron chi connectivity index (χ4n) is 3.29. The van der Waals surface area contributed by atoms with Gasteiger partial charge < -0.3 is 5.32 Å². The fraction of sp³-hybridized carbons (Fsp3) is 1.00. The summed E-state index contributed by atoms with van der Waals surface area (Å²) in [4.78, 5) is 0. The summed E-state index contributed by atoms with van der Waals surface area (Å²) in [5.74, 6) is 1.87. The highest BCUT2D eigenvalue weighted by molar-refractivity contribution is 4.78. The maximum Gasteiger partial charge on any atom is 0.00953 e. The largest absolute Gasteiger partial charge is 0.314 e. The molecule has 1 fully saturated rings. The summed E-state index contributed by atoms with van der Waals surface area (Å²) in [6.07, 6.45) is 12.8. The highest BCUT2D eigenvalue weighted by atomic mass is 14.9. The number of rotatable bonds is 8. The Kier molecular flexibility index (Phi) is 7.92. The number of hydrogen-bond donors (Lipinski definition) is 1. The molecule has 0 amide bonds. The normalized spacial score (nSPS) is 21.4. The Morgan fingerprint density at radius 1 is 1.06 bits per heavy atom. The predicted octanol–water partition coefficient (Wildman–Crippen LogP) is 4.76. The van der Waals surface area contributed by atoms with Gasteiger partial charge in [-0.25, -0.2) is 0 Å². The number of nitrogens with one attached hydrogen (secondary N) is 1. The first-order valence-electron chi connectivity index (χ1n) is 8.01. The second kappa shape index (κ2) is 8.97. The lowest BCUT2D eigenvalue weighted by atomic mass is 9.81. The Hall–Kier alpha value is -0.0400. The maximum absolute atomic E-state index is 3.80. The van der Waals surface area contributed by atoms with Gasteiger partial charge in [0.25, 0.3) is 0 Å². The third-order valence-corrected chi connectivity index (χ3v) is 4.40. The molecule has 0 aliphatic heterocycles. The smallest absolute Gasteiger partial charge is 0.00953 e. The van der Waals surface area contributed by atoms with Gasteiger partial charge in [0.2, 0.25) is 0 Å². The van der Waals surface area contributed by atoms with Gasteiger partial charge in [-0.3, -0.25) is 0 Å². The second-order valence-corrected chi connectivity index (χ2v) is 6.07. The molecule has 0 heterocycles. The maximum atomic E-state index is 3.80. The van der Waals surface area contributed by atoms with Gasteiger partial charge in [-0.05, 0) is 37.6 Å². The molecular formula is C16H33N. The average Bonchev–Trinajstić information content (AvgIpc) is 2.36. The summed E-state index contributed by atoms with van der Waals surface area (Å²) in [5.41, 5.74) is 0. The van der Waals surface area contributed by atoms with Gasteiger partial charge in [0.1, 0.15) is 0 Å². The molecule has 0 aromatic heterocycles. The van der Waals surface area contributed by atoms with E-state index in [1.807, 2.05) is 0 Å². The molecular weight excluding hydrogens is 206 g/mol. The van der Waals surface area contributed by atoms with Crippen molar-refractivity contribution in [2.75, 3.05) is 6.54 Å². The van der Waals surface area contributed by atoms with E-state index in [-0.39, 0.29) is 0 Å². The van der Waals surface area contributed by atoms with Crippen molar-refractivity contribution < 1.29 is 0 Å². The molecule has 1 N–H and O–H groups in total. The molecule has 0 aromatic rings. The van der Waals surface area contributed by atoms with Crippen LogP contribution in [0.25, 0.3) is 0 Å². The minimum Gasteiger partial charge on any atom is -0.314 e. The van der Waals surface area contributed by atoms with Crippen LogP contribution in [0.4, 0.5) is 0 Å². The van der Waals surface area contributed by atoms with E-state index in [4.69, 9.17) is 0 Å². The van der Waals surface area contributed by atoms with Crippen LogP contribution in [-0.4, -0.2) is 12.6 Å². The van der Waals surface area contributed by atoms with Crippen LogP contribution in [0.3, 0.4) is 0 Å². The predicted molar refractivity (Wildman–Crippen MR) is 77.3 cm³/mol. The van der Waals surface area contributed by atoms with Crippen LogP contribution in [0.15, 0.2) is 0 Å². The van der Waals surface area contributed by atoms with Gasteiger partial charge in [-0.15, -0.1) is 0 Å². The first-order valence-corrected chi connectivity index (χ1v) is 8.01. The Balaban J connectivity index is 2.37. The lowest BCUT2D eigenvalue weighted by Crippen LogP contribution is -2.37. The van der Waals surface area contributed by atoms with Crippen molar-refractivity contribution in [2.45, 2.75) is 84.6 Å². The van der Waals surface area contributed by atoms with E-state index in [1.165, 1.54) is 64.3 Å². The van der Waals surface area contributed by atoms with Crippen molar-refractivity contribution in [3.8, 4) is 0 Å². The Morgan fingerprint density at radius 2 is 1.76 bits per heavy atom. The minimum atomic E-state index is 0.776. The summed E-state index contributed by atoms with van der Waals surface area (Å²) in [5, 5.41) is 3.80. The van der Waals surface area contributed by atoms with E-state index in [0.29, 0.717) is 0 Å². The highest BCUT2D eigenvalue weighted by Gasteiger charge is 2.22. The zero-order valence-electron chi connectivity index (χ0n) is 12.3. The monoisotopic (exact) mass is 239 g/mol. The van der Waals surface area contributed by atoms with Crippen LogP contribution in [-0.2, 0) is 0 Å². The molecule has 1 saturated carbocycles. The van der Waals surface area contributed by atoms with Crippen LogP contribution in [0.2, 0.25) is 0 Å². The van der Waals surface area contributed by atoms with Gasteiger partial charge in [-0.2, -0.15) is 0 Å². The summed E-state index contributed by atoms with van der Waals surface area (Å²) in [7, 11) is 0. The van der Waals surface area contributed by atoms with E-state index in [2.05, 4.69) is 26.1 Å². The zero-order chi connectivity index (χ0) is 12.5. The van der Waals surface area contributed by atoms with E-state index in [9.17, 15) is 0 Å². The molecule has 17 heavy (non-hydrogen) atoms. The van der Waals surface area contributed by atoms with Crippen LogP contribution in [0.5, 0.6) is 0 Å². The summed E-state index contributed by atoms with van der Waals surface area (Å²) >= 11 is 0. The van der Waals surface area contributed by atoms with Gasteiger partial charge in [0.15, 0.2) is 0 Å². The minimum absolute atomic E-state index is 0.776. The van der Waals surface area contributed by atoms with Crippen LogP contribution < -0.4 is 5.32 Å². The number of hydrogen-bond acceptors (Lipinski definition) is 1. The Labute approximate surface area is 109 Å². The molecule has 0 bridgehead atoms. The van der Waals surface area contributed by atoms with Crippen molar-refractivity contribution in [1.29, 1.82) is 0 Å². The molecule has 1 nitrogen and oxygen atoms in total. The molecule has 1 aliphatic carbocycles. The molecule has 0 aromatic carbocycles. The van der Waals surface area contributed by atoms with Crippen molar-refractivity contribution in [1.82, 2.24) is 5.32 Å². The van der Waals surface area contributed by atoms with Crippen molar-refractivity contribution in [2.24, 2.45) is 11.8 Å². The SMILES string of the molecule is CCCNC(CC1CCCCC1)C(C)CCC. The van der Waals surface area contributed by atoms with Crippen molar-refractivity contribution >= 4 is 0 Å². The standard InChI is InChI=1S/C16H33N/c1-4-9-14(3)16(17-12-5-2)13-15-10-7-6-8-11-15/h14-17H,4-13H2,1-3H3. The van der Waals surface area contributed by atoms with E-state index >= 15 is 0 Å². The summed E-state index contributed by atoms with van der Waals surface area (Å²) < 4.78 is 0. The molecule has 1 heteroatoms. The fourth-order valence-corrected chi connectivity index (χ4v) is 3.29. The lowest BCUT2D eigenvalue weighted by Gasteiger charge is -2.31. The molecule has 2 atom stereocenters. The highest BCUT2D eigenvalue weighted by Crippen LogP contribution is 2.29. The average molecular weight is 239 g/mol. The van der Waals surface area contributed by atoms with E-state index in [0.717, 1.165) is 17.9 Å². The van der Waals surface area contributed by atoms with Gasteiger partial charge >= 0.3 is 0 Å². The van der Waals surface area contributed by atoms with Crippen molar-refractivity contribution in [3.05, 3.63) is 0 Å². The molecule has 0 saturated heterocycles. The van der Waals surface area contributed by atoms with Crippen LogP contribution >= 0.6 is 0 Å². The third-order valence-electron chi connectivity index (χ3n) is 4.40. The topological polar surface area (TPSA) is 12.0 Å². The third kappa shape index (κ3) is 5.90.